The summed E-state index contributed by atoms with van der Waals surface area (Å²) < 4.78 is 5.09. The number of fused-ring (bicyclic) bond motifs is 1. The highest BCUT2D eigenvalue weighted by atomic mass is 16.5. The van der Waals surface area contributed by atoms with Crippen molar-refractivity contribution in [2.45, 2.75) is 51.5 Å². The third-order valence-electron chi connectivity index (χ3n) is 4.95. The minimum absolute atomic E-state index is 0.0593. The molecule has 1 aliphatic heterocycles. The largest absolute Gasteiger partial charge is 0.340 e. The Balaban J connectivity index is 1.60. The molecule has 23 heavy (non-hydrogen) atoms. The topological polar surface area (TPSA) is 59.2 Å². The molecule has 1 aliphatic carbocycles. The number of hydrogen-bond acceptors (Lipinski definition) is 4. The fraction of sp³-hybridized carbons (Fsp3) is 0.500. The summed E-state index contributed by atoms with van der Waals surface area (Å²) >= 11 is 0. The van der Waals surface area contributed by atoms with Crippen molar-refractivity contribution in [3.05, 3.63) is 46.6 Å². The van der Waals surface area contributed by atoms with Crippen molar-refractivity contribution in [2.75, 3.05) is 6.54 Å². The van der Waals surface area contributed by atoms with Crippen molar-refractivity contribution < 1.29 is 9.32 Å². The van der Waals surface area contributed by atoms with Crippen LogP contribution in [0.15, 0.2) is 22.7 Å². The van der Waals surface area contributed by atoms with E-state index in [1.54, 1.807) is 6.92 Å². The molecule has 1 saturated heterocycles. The zero-order chi connectivity index (χ0) is 15.8. The van der Waals surface area contributed by atoms with Gasteiger partial charge in [-0.2, -0.15) is 4.98 Å². The number of nitrogens with zero attached hydrogens (tertiary/aromatic N) is 3. The van der Waals surface area contributed by atoms with E-state index in [9.17, 15) is 4.79 Å². The van der Waals surface area contributed by atoms with Gasteiger partial charge in [0.15, 0.2) is 5.82 Å². The molecule has 0 N–H and O–H groups in total. The lowest BCUT2D eigenvalue weighted by Crippen LogP contribution is -2.31. The molecule has 4 rings (SSSR count). The van der Waals surface area contributed by atoms with Gasteiger partial charge in [0.05, 0.1) is 6.04 Å². The Hall–Kier alpha value is -2.17. The second-order valence-electron chi connectivity index (χ2n) is 6.52. The van der Waals surface area contributed by atoms with Gasteiger partial charge in [0, 0.05) is 19.0 Å². The molecule has 1 amide bonds. The minimum Gasteiger partial charge on any atom is -0.340 e. The molecule has 0 saturated carbocycles. The fourth-order valence-electron chi connectivity index (χ4n) is 3.76. The summed E-state index contributed by atoms with van der Waals surface area (Å²) in [5.74, 6) is 1.27. The van der Waals surface area contributed by atoms with Gasteiger partial charge in [-0.3, -0.25) is 4.79 Å². The van der Waals surface area contributed by atoms with Gasteiger partial charge in [-0.1, -0.05) is 11.2 Å². The van der Waals surface area contributed by atoms with Crippen LogP contribution < -0.4 is 0 Å². The van der Waals surface area contributed by atoms with E-state index in [-0.39, 0.29) is 11.9 Å². The van der Waals surface area contributed by atoms with E-state index in [4.69, 9.17) is 4.52 Å². The molecule has 1 aromatic carbocycles. The van der Waals surface area contributed by atoms with Crippen LogP contribution in [0.3, 0.4) is 0 Å². The molecule has 0 spiro atoms. The number of carbonyl (C=O) groups excluding carboxylic acids is 1. The zero-order valence-electron chi connectivity index (χ0n) is 13.4. The number of rotatable bonds is 2. The summed E-state index contributed by atoms with van der Waals surface area (Å²) in [6.07, 6.45) is 6.58. The number of likely N-dealkylation sites (tertiary alicyclic amines) is 1. The molecule has 2 heterocycles. The Bertz CT molecular complexity index is 738. The third kappa shape index (κ3) is 2.64. The molecule has 0 bridgehead atoms. The molecule has 120 valence electrons. The first kappa shape index (κ1) is 14.4. The van der Waals surface area contributed by atoms with Crippen molar-refractivity contribution in [1.82, 2.24) is 15.0 Å². The monoisotopic (exact) mass is 311 g/mol. The summed E-state index contributed by atoms with van der Waals surface area (Å²) in [7, 11) is 0. The van der Waals surface area contributed by atoms with E-state index in [1.165, 1.54) is 24.0 Å². The second-order valence-corrected chi connectivity index (χ2v) is 6.52. The first-order chi connectivity index (χ1) is 11.2. The molecule has 1 unspecified atom stereocenters. The Morgan fingerprint density at radius 2 is 2.04 bits per heavy atom. The maximum Gasteiger partial charge on any atom is 0.254 e. The number of aryl methyl sites for hydroxylation is 3. The average Bonchev–Trinajstić information content (AvgIpc) is 3.22. The highest BCUT2D eigenvalue weighted by Crippen LogP contribution is 2.32. The van der Waals surface area contributed by atoms with E-state index in [0.29, 0.717) is 11.7 Å². The van der Waals surface area contributed by atoms with Crippen LogP contribution in [0, 0.1) is 6.92 Å². The predicted molar refractivity (Wildman–Crippen MR) is 85.1 cm³/mol. The van der Waals surface area contributed by atoms with Gasteiger partial charge in [0.25, 0.3) is 5.91 Å². The van der Waals surface area contributed by atoms with Gasteiger partial charge >= 0.3 is 0 Å². The number of amides is 1. The van der Waals surface area contributed by atoms with Crippen molar-refractivity contribution in [3.63, 3.8) is 0 Å². The van der Waals surface area contributed by atoms with E-state index in [1.807, 2.05) is 11.0 Å². The summed E-state index contributed by atoms with van der Waals surface area (Å²) in [5.41, 5.74) is 3.53. The average molecular weight is 311 g/mol. The predicted octanol–water partition coefficient (Wildman–Crippen LogP) is 3.23. The van der Waals surface area contributed by atoms with Crippen LogP contribution in [-0.2, 0) is 12.8 Å². The van der Waals surface area contributed by atoms with Crippen molar-refractivity contribution in [2.24, 2.45) is 0 Å². The summed E-state index contributed by atoms with van der Waals surface area (Å²) in [6.45, 7) is 2.54. The zero-order valence-corrected chi connectivity index (χ0v) is 13.4. The van der Waals surface area contributed by atoms with Gasteiger partial charge < -0.3 is 9.42 Å². The normalized spacial score (nSPS) is 20.6. The van der Waals surface area contributed by atoms with Crippen LogP contribution in [-0.4, -0.2) is 27.5 Å². The molecule has 5 heteroatoms. The molecule has 1 atom stereocenters. The van der Waals surface area contributed by atoms with E-state index >= 15 is 0 Å². The maximum absolute atomic E-state index is 13.0. The SMILES string of the molecule is Cc1nc(C2CCCN2C(=O)c2ccc3c(c2)CCCC3)no1. The van der Waals surface area contributed by atoms with Crippen molar-refractivity contribution in [3.8, 4) is 0 Å². The lowest BCUT2D eigenvalue weighted by molar-refractivity contribution is 0.0728. The Morgan fingerprint density at radius 1 is 1.22 bits per heavy atom. The van der Waals surface area contributed by atoms with E-state index < -0.39 is 0 Å². The first-order valence-corrected chi connectivity index (χ1v) is 8.45. The number of benzene rings is 1. The van der Waals surface area contributed by atoms with Crippen LogP contribution >= 0.6 is 0 Å². The summed E-state index contributed by atoms with van der Waals surface area (Å²) in [4.78, 5) is 19.2. The Morgan fingerprint density at radius 3 is 2.83 bits per heavy atom. The highest BCUT2D eigenvalue weighted by molar-refractivity contribution is 5.95. The Kier molecular flexibility index (Phi) is 3.63. The fourth-order valence-corrected chi connectivity index (χ4v) is 3.76. The third-order valence-corrected chi connectivity index (χ3v) is 4.95. The lowest BCUT2D eigenvalue weighted by Gasteiger charge is -2.23. The van der Waals surface area contributed by atoms with Crippen molar-refractivity contribution >= 4 is 5.91 Å². The van der Waals surface area contributed by atoms with Gasteiger partial charge in [0.1, 0.15) is 0 Å². The molecular formula is C18H21N3O2. The van der Waals surface area contributed by atoms with Crippen LogP contribution in [0.5, 0.6) is 0 Å². The second kappa shape index (κ2) is 5.80. The van der Waals surface area contributed by atoms with Gasteiger partial charge in [-0.05, 0) is 61.8 Å². The molecular weight excluding hydrogens is 290 g/mol. The lowest BCUT2D eigenvalue weighted by atomic mass is 9.90. The van der Waals surface area contributed by atoms with Gasteiger partial charge in [0.2, 0.25) is 5.89 Å². The van der Waals surface area contributed by atoms with E-state index in [2.05, 4.69) is 22.3 Å². The first-order valence-electron chi connectivity index (χ1n) is 8.45. The number of aromatic nitrogens is 2. The molecule has 0 radical (unpaired) electrons. The molecule has 2 aliphatic rings. The highest BCUT2D eigenvalue weighted by Gasteiger charge is 2.33. The smallest absolute Gasteiger partial charge is 0.254 e. The summed E-state index contributed by atoms with van der Waals surface area (Å²) in [5, 5.41) is 4.01. The Labute approximate surface area is 135 Å². The maximum atomic E-state index is 13.0. The van der Waals surface area contributed by atoms with Crippen LogP contribution in [0.25, 0.3) is 0 Å². The van der Waals surface area contributed by atoms with Crippen LogP contribution in [0.2, 0.25) is 0 Å². The van der Waals surface area contributed by atoms with Crippen LogP contribution in [0.4, 0.5) is 0 Å². The van der Waals surface area contributed by atoms with Crippen molar-refractivity contribution in [1.29, 1.82) is 0 Å². The van der Waals surface area contributed by atoms with Gasteiger partial charge in [-0.15, -0.1) is 0 Å². The van der Waals surface area contributed by atoms with Crippen LogP contribution in [0.1, 0.15) is 64.9 Å². The molecule has 5 nitrogen and oxygen atoms in total. The molecule has 1 aromatic heterocycles. The standard InChI is InChI=1S/C18H21N3O2/c1-12-19-17(20-23-12)16-7-4-10-21(16)18(22)15-9-8-13-5-2-3-6-14(13)11-15/h8-9,11,16H,2-7,10H2,1H3. The quantitative estimate of drug-likeness (QED) is 0.854. The summed E-state index contributed by atoms with van der Waals surface area (Å²) in [6, 6.07) is 6.14. The number of carbonyl (C=O) groups is 1. The minimum atomic E-state index is -0.0593. The molecule has 2 aromatic rings. The van der Waals surface area contributed by atoms with Gasteiger partial charge in [-0.25, -0.2) is 0 Å². The van der Waals surface area contributed by atoms with E-state index in [0.717, 1.165) is 37.8 Å². The molecule has 1 fully saturated rings. The number of hydrogen-bond donors (Lipinski definition) is 0.